The quantitative estimate of drug-likeness (QED) is 0.258. The number of hydrogen-bond acceptors (Lipinski definition) is 0. The normalized spacial score (nSPS) is 7.91. The summed E-state index contributed by atoms with van der Waals surface area (Å²) in [6, 6.07) is 10.5. The predicted octanol–water partition coefficient (Wildman–Crippen LogP) is 13.6. The van der Waals surface area contributed by atoms with Crippen LogP contribution < -0.4 is 0 Å². The second-order valence-electron chi connectivity index (χ2n) is 7.37. The monoisotopic (exact) mass is 459 g/mol. The summed E-state index contributed by atoms with van der Waals surface area (Å²) in [5.74, 6) is 0. The van der Waals surface area contributed by atoms with Crippen molar-refractivity contribution in [2.45, 2.75) is 175 Å². The van der Waals surface area contributed by atoms with Crippen molar-refractivity contribution in [2.24, 2.45) is 0 Å². The Kier molecular flexibility index (Phi) is 86.4. The highest BCUT2D eigenvalue weighted by Gasteiger charge is 1.86. The lowest BCUT2D eigenvalue weighted by Crippen LogP contribution is -1.76. The first kappa shape index (κ1) is 52.9. The molecule has 0 fully saturated rings. The molecule has 1 aromatic carbocycles. The van der Waals surface area contributed by atoms with Gasteiger partial charge in [-0.05, 0) is 12.0 Å². The van der Waals surface area contributed by atoms with E-state index in [2.05, 4.69) is 58.9 Å². The molecule has 1 rings (SSSR count). The maximum absolute atomic E-state index is 2.26. The van der Waals surface area contributed by atoms with Crippen LogP contribution in [0.15, 0.2) is 30.3 Å². The fraction of sp³-hybridized carbons (Fsp3) is 0.812. The predicted molar refractivity (Wildman–Crippen MR) is 164 cm³/mol. The van der Waals surface area contributed by atoms with Crippen LogP contribution in [0, 0.1) is 0 Å². The summed E-state index contributed by atoms with van der Waals surface area (Å²) in [6.07, 6.45) is 21.1. The van der Waals surface area contributed by atoms with Gasteiger partial charge in [0.2, 0.25) is 0 Å². The number of hydrogen-bond donors (Lipinski definition) is 0. The van der Waals surface area contributed by atoms with E-state index < -0.39 is 0 Å². The number of rotatable bonds is 13. The number of aryl methyl sites for hydroxylation is 1. The maximum Gasteiger partial charge on any atom is -0.0307 e. The fourth-order valence-corrected chi connectivity index (χ4v) is 2.77. The highest BCUT2D eigenvalue weighted by atomic mass is 13.9. The minimum atomic E-state index is 0. The molecule has 0 aliphatic rings. The van der Waals surface area contributed by atoms with Crippen LogP contribution in [0.5, 0.6) is 0 Å². The molecule has 0 radical (unpaired) electrons. The van der Waals surface area contributed by atoms with E-state index in [1.165, 1.54) is 95.5 Å². The summed E-state index contributed by atoms with van der Waals surface area (Å²) in [4.78, 5) is 0. The third kappa shape index (κ3) is 51.7. The standard InChI is InChI=1S/2C9H20.C8H10.6CH4/c2*1-3-5-7-9-8-6-4-2;1-2-8-6-4-3-5-7-8;;;;;;/h2*3-9H2,1-2H3;3-7H,2H2,1H3;6*1H4. The average Bonchev–Trinajstić information content (AvgIpc) is 2.69. The Balaban J connectivity index is -0.0000000412. The highest BCUT2D eigenvalue weighted by molar-refractivity contribution is 5.13. The van der Waals surface area contributed by atoms with Crippen LogP contribution in [0.3, 0.4) is 0 Å². The number of unbranched alkanes of at least 4 members (excludes halogenated alkanes) is 12. The summed E-state index contributed by atoms with van der Waals surface area (Å²) in [7, 11) is 0. The van der Waals surface area contributed by atoms with Crippen LogP contribution in [0.4, 0.5) is 0 Å². The van der Waals surface area contributed by atoms with Crippen molar-refractivity contribution < 1.29 is 0 Å². The zero-order chi connectivity index (χ0) is 19.7. The Bertz CT molecular complexity index is 288. The van der Waals surface area contributed by atoms with Gasteiger partial charge >= 0.3 is 0 Å². The van der Waals surface area contributed by atoms with Gasteiger partial charge in [-0.25, -0.2) is 0 Å². The first-order chi connectivity index (χ1) is 12.8. The van der Waals surface area contributed by atoms with Crippen LogP contribution in [0.2, 0.25) is 0 Å². The van der Waals surface area contributed by atoms with Gasteiger partial charge in [0, 0.05) is 0 Å². The molecule has 32 heavy (non-hydrogen) atoms. The molecule has 0 saturated heterocycles. The Hall–Kier alpha value is -0.780. The van der Waals surface area contributed by atoms with Crippen LogP contribution in [0.25, 0.3) is 0 Å². The van der Waals surface area contributed by atoms with Crippen molar-refractivity contribution in [3.05, 3.63) is 35.9 Å². The molecule has 0 unspecified atom stereocenters. The lowest BCUT2D eigenvalue weighted by atomic mass is 10.1. The SMILES string of the molecule is C.C.C.C.C.C.CCCCCCCCC.CCCCCCCCC.CCc1ccccc1. The Morgan fingerprint density at radius 1 is 0.375 bits per heavy atom. The molecular formula is C32H74. The Morgan fingerprint density at radius 2 is 0.625 bits per heavy atom. The molecule has 0 heterocycles. The highest BCUT2D eigenvalue weighted by Crippen LogP contribution is 2.06. The number of benzene rings is 1. The van der Waals surface area contributed by atoms with E-state index in [9.17, 15) is 0 Å². The summed E-state index contributed by atoms with van der Waals surface area (Å²) in [5.41, 5.74) is 1.41. The lowest BCUT2D eigenvalue weighted by Gasteiger charge is -1.96. The second kappa shape index (κ2) is 52.3. The molecular weight excluding hydrogens is 384 g/mol. The molecule has 0 amide bonds. The van der Waals surface area contributed by atoms with E-state index in [0.29, 0.717) is 0 Å². The van der Waals surface area contributed by atoms with Gasteiger partial charge in [0.05, 0.1) is 0 Å². The molecule has 1 aromatic rings. The largest absolute Gasteiger partial charge is 0.0776 e. The molecule has 0 heteroatoms. The molecule has 0 spiro atoms. The molecule has 0 bridgehead atoms. The molecule has 0 nitrogen and oxygen atoms in total. The van der Waals surface area contributed by atoms with Gasteiger partial charge in [-0.3, -0.25) is 0 Å². The zero-order valence-electron chi connectivity index (χ0n) is 19.0. The van der Waals surface area contributed by atoms with Gasteiger partial charge in [0.15, 0.2) is 0 Å². The minimum absolute atomic E-state index is 0. The average molecular weight is 459 g/mol. The van der Waals surface area contributed by atoms with Gasteiger partial charge in [-0.2, -0.15) is 0 Å². The zero-order valence-corrected chi connectivity index (χ0v) is 19.0. The van der Waals surface area contributed by atoms with E-state index in [-0.39, 0.29) is 44.6 Å². The van der Waals surface area contributed by atoms with Crippen LogP contribution in [-0.4, -0.2) is 0 Å². The molecule has 0 aromatic heterocycles. The smallest absolute Gasteiger partial charge is 0.0307 e. The molecule has 0 saturated carbocycles. The van der Waals surface area contributed by atoms with Crippen LogP contribution in [0.1, 0.15) is 175 Å². The van der Waals surface area contributed by atoms with Crippen LogP contribution >= 0.6 is 0 Å². The van der Waals surface area contributed by atoms with Crippen molar-refractivity contribution in [1.82, 2.24) is 0 Å². The van der Waals surface area contributed by atoms with E-state index in [4.69, 9.17) is 0 Å². The molecule has 0 aliphatic heterocycles. The van der Waals surface area contributed by atoms with Crippen molar-refractivity contribution >= 4 is 0 Å². The van der Waals surface area contributed by atoms with Gasteiger partial charge in [0.25, 0.3) is 0 Å². The summed E-state index contributed by atoms with van der Waals surface area (Å²) >= 11 is 0. The molecule has 0 N–H and O–H groups in total. The fourth-order valence-electron chi connectivity index (χ4n) is 2.77. The van der Waals surface area contributed by atoms with Gasteiger partial charge in [-0.1, -0.05) is 199 Å². The third-order valence-electron chi connectivity index (χ3n) is 4.67. The summed E-state index contributed by atoms with van der Waals surface area (Å²) in [6.45, 7) is 11.2. The van der Waals surface area contributed by atoms with Gasteiger partial charge in [0.1, 0.15) is 0 Å². The topological polar surface area (TPSA) is 0 Å². The van der Waals surface area contributed by atoms with E-state index in [1.54, 1.807) is 0 Å². The maximum atomic E-state index is 2.26. The van der Waals surface area contributed by atoms with E-state index in [0.717, 1.165) is 6.42 Å². The molecule has 0 atom stereocenters. The molecule has 0 aliphatic carbocycles. The lowest BCUT2D eigenvalue weighted by molar-refractivity contribution is 0.602. The Morgan fingerprint density at radius 3 is 0.812 bits per heavy atom. The van der Waals surface area contributed by atoms with E-state index in [1.807, 2.05) is 6.07 Å². The first-order valence-corrected chi connectivity index (χ1v) is 11.8. The van der Waals surface area contributed by atoms with Crippen molar-refractivity contribution in [3.63, 3.8) is 0 Å². The van der Waals surface area contributed by atoms with Gasteiger partial charge in [-0.15, -0.1) is 0 Å². The first-order valence-electron chi connectivity index (χ1n) is 11.8. The summed E-state index contributed by atoms with van der Waals surface area (Å²) in [5, 5.41) is 0. The second-order valence-corrected chi connectivity index (χ2v) is 7.37. The van der Waals surface area contributed by atoms with Crippen molar-refractivity contribution in [2.75, 3.05) is 0 Å². The Labute approximate surface area is 211 Å². The van der Waals surface area contributed by atoms with Crippen molar-refractivity contribution in [1.29, 1.82) is 0 Å². The van der Waals surface area contributed by atoms with Crippen LogP contribution in [-0.2, 0) is 6.42 Å². The van der Waals surface area contributed by atoms with Gasteiger partial charge < -0.3 is 0 Å². The minimum Gasteiger partial charge on any atom is -0.0776 e. The van der Waals surface area contributed by atoms with Crippen molar-refractivity contribution in [3.8, 4) is 0 Å². The third-order valence-corrected chi connectivity index (χ3v) is 4.67. The van der Waals surface area contributed by atoms with E-state index >= 15 is 0 Å². The molecule has 202 valence electrons. The summed E-state index contributed by atoms with van der Waals surface area (Å²) < 4.78 is 0.